The van der Waals surface area contributed by atoms with Crippen molar-refractivity contribution >= 4 is 5.91 Å². The summed E-state index contributed by atoms with van der Waals surface area (Å²) in [6.07, 6.45) is 4.43. The Morgan fingerprint density at radius 2 is 2.50 bits per heavy atom. The van der Waals surface area contributed by atoms with Crippen molar-refractivity contribution < 1.29 is 4.79 Å². The van der Waals surface area contributed by atoms with Crippen molar-refractivity contribution in [3.05, 3.63) is 30.4 Å². The van der Waals surface area contributed by atoms with E-state index in [9.17, 15) is 4.79 Å². The second-order valence-corrected chi connectivity index (χ2v) is 2.11. The maximum Gasteiger partial charge on any atom is 0.300 e. The van der Waals surface area contributed by atoms with Gasteiger partial charge in [0.1, 0.15) is 0 Å². The van der Waals surface area contributed by atoms with Crippen LogP contribution in [0.15, 0.2) is 24.7 Å². The number of nitrogens with zero attached hydrogens (tertiary/aromatic N) is 4. The van der Waals surface area contributed by atoms with Gasteiger partial charge < -0.3 is 0 Å². The fourth-order valence-electron chi connectivity index (χ4n) is 0.811. The molecule has 6 nitrogen and oxygen atoms in total. The molecule has 0 atom stereocenters. The van der Waals surface area contributed by atoms with Crippen LogP contribution in [0.5, 0.6) is 0 Å². The maximum absolute atomic E-state index is 11.3. The van der Waals surface area contributed by atoms with Gasteiger partial charge in [0.15, 0.2) is 5.69 Å². The summed E-state index contributed by atoms with van der Waals surface area (Å²) >= 11 is 0. The van der Waals surface area contributed by atoms with E-state index in [2.05, 4.69) is 20.5 Å². The van der Waals surface area contributed by atoms with E-state index in [-0.39, 0.29) is 11.6 Å². The van der Waals surface area contributed by atoms with E-state index in [1.165, 1.54) is 17.1 Å². The first-order valence-electron chi connectivity index (χ1n) is 3.28. The maximum atomic E-state index is 11.3. The number of rotatable bonds is 1. The summed E-state index contributed by atoms with van der Waals surface area (Å²) < 4.78 is 1.19. The highest BCUT2D eigenvalue weighted by atomic mass is 16.2. The zero-order valence-electron chi connectivity index (χ0n) is 6.01. The van der Waals surface area contributed by atoms with E-state index in [1.807, 2.05) is 0 Å². The van der Waals surface area contributed by atoms with Crippen LogP contribution >= 0.6 is 0 Å². The molecule has 0 fully saturated rings. The fraction of sp³-hybridized carbons (Fsp3) is 0. The molecule has 0 bridgehead atoms. The third-order valence-electron chi connectivity index (χ3n) is 1.35. The van der Waals surface area contributed by atoms with E-state index < -0.39 is 0 Å². The molecule has 0 amide bonds. The first-order chi connectivity index (χ1) is 5.88. The average Bonchev–Trinajstić information content (AvgIpc) is 2.77. The normalized spacial score (nSPS) is 10.0. The number of aromatic nitrogens is 5. The van der Waals surface area contributed by atoms with Crippen molar-refractivity contribution in [1.29, 1.82) is 0 Å². The van der Waals surface area contributed by atoms with E-state index in [1.54, 1.807) is 12.3 Å². The zero-order valence-corrected chi connectivity index (χ0v) is 6.01. The van der Waals surface area contributed by atoms with Gasteiger partial charge in [0.2, 0.25) is 0 Å². The van der Waals surface area contributed by atoms with Gasteiger partial charge >= 0.3 is 0 Å². The molecule has 0 aliphatic carbocycles. The molecule has 2 aromatic rings. The van der Waals surface area contributed by atoms with Gasteiger partial charge in [0, 0.05) is 12.4 Å². The fourth-order valence-corrected chi connectivity index (χ4v) is 0.811. The van der Waals surface area contributed by atoms with Crippen molar-refractivity contribution in [2.75, 3.05) is 0 Å². The quantitative estimate of drug-likeness (QED) is 0.625. The molecule has 0 radical (unpaired) electrons. The van der Waals surface area contributed by atoms with Crippen LogP contribution in [-0.4, -0.2) is 31.1 Å². The summed E-state index contributed by atoms with van der Waals surface area (Å²) in [7, 11) is 0. The van der Waals surface area contributed by atoms with Crippen LogP contribution in [0.1, 0.15) is 10.5 Å². The molecule has 0 unspecified atom stereocenters. The van der Waals surface area contributed by atoms with E-state index in [0.29, 0.717) is 0 Å². The van der Waals surface area contributed by atoms with Crippen LogP contribution in [0.2, 0.25) is 0 Å². The molecule has 0 aliphatic rings. The minimum Gasteiger partial charge on any atom is -0.265 e. The number of carbonyl (C=O) groups excluding carboxylic acids is 1. The van der Waals surface area contributed by atoms with Crippen molar-refractivity contribution in [3.8, 4) is 0 Å². The van der Waals surface area contributed by atoms with Crippen LogP contribution in [-0.2, 0) is 0 Å². The second-order valence-electron chi connectivity index (χ2n) is 2.11. The molecule has 0 spiro atoms. The zero-order chi connectivity index (χ0) is 8.39. The van der Waals surface area contributed by atoms with Gasteiger partial charge in [0.05, 0.1) is 6.20 Å². The summed E-state index contributed by atoms with van der Waals surface area (Å²) in [6.45, 7) is 0. The van der Waals surface area contributed by atoms with Gasteiger partial charge in [-0.05, 0) is 6.07 Å². The lowest BCUT2D eigenvalue weighted by Gasteiger charge is -1.92. The molecule has 60 valence electrons. The topological polar surface area (TPSA) is 76.5 Å². The highest BCUT2D eigenvalue weighted by molar-refractivity contribution is 5.92. The van der Waals surface area contributed by atoms with Gasteiger partial charge in [-0.15, -0.1) is 0 Å². The molecule has 12 heavy (non-hydrogen) atoms. The Hall–Kier alpha value is -1.98. The third-order valence-corrected chi connectivity index (χ3v) is 1.35. The lowest BCUT2D eigenvalue weighted by Crippen LogP contribution is -2.12. The SMILES string of the molecule is O=C(c1cn[nH]n1)n1cccn1. The van der Waals surface area contributed by atoms with Crippen LogP contribution in [0, 0.1) is 0 Å². The number of H-pyrrole nitrogens is 1. The van der Waals surface area contributed by atoms with Crippen LogP contribution in [0.3, 0.4) is 0 Å². The van der Waals surface area contributed by atoms with Crippen molar-refractivity contribution in [1.82, 2.24) is 25.2 Å². The van der Waals surface area contributed by atoms with Crippen molar-refractivity contribution in [2.24, 2.45) is 0 Å². The lowest BCUT2D eigenvalue weighted by atomic mass is 10.4. The van der Waals surface area contributed by atoms with Crippen molar-refractivity contribution in [2.45, 2.75) is 0 Å². The van der Waals surface area contributed by atoms with Gasteiger partial charge in [-0.25, -0.2) is 4.68 Å². The minimum atomic E-state index is -0.297. The predicted octanol–water partition coefficient (Wildman–Crippen LogP) is -0.310. The number of aromatic amines is 1. The minimum absolute atomic E-state index is 0.249. The Morgan fingerprint density at radius 3 is 3.08 bits per heavy atom. The average molecular weight is 163 g/mol. The number of hydrogen-bond acceptors (Lipinski definition) is 4. The first-order valence-corrected chi connectivity index (χ1v) is 3.28. The van der Waals surface area contributed by atoms with Gasteiger partial charge in [-0.1, -0.05) is 0 Å². The summed E-state index contributed by atoms with van der Waals surface area (Å²) in [4.78, 5) is 11.3. The second kappa shape index (κ2) is 2.57. The smallest absolute Gasteiger partial charge is 0.265 e. The van der Waals surface area contributed by atoms with E-state index in [4.69, 9.17) is 0 Å². The van der Waals surface area contributed by atoms with E-state index >= 15 is 0 Å². The number of hydrogen-bond donors (Lipinski definition) is 1. The van der Waals surface area contributed by atoms with Crippen LogP contribution < -0.4 is 0 Å². The van der Waals surface area contributed by atoms with Gasteiger partial charge in [-0.2, -0.15) is 20.5 Å². The molecule has 0 saturated carbocycles. The lowest BCUT2D eigenvalue weighted by molar-refractivity contribution is 0.0940. The summed E-state index contributed by atoms with van der Waals surface area (Å²) in [5.74, 6) is -0.297. The molecule has 1 N–H and O–H groups in total. The molecule has 0 aliphatic heterocycles. The predicted molar refractivity (Wildman–Crippen MR) is 38.3 cm³/mol. The number of nitrogens with one attached hydrogen (secondary N) is 1. The standard InChI is InChI=1S/C6H5N5O/c12-6(5-4-7-10-9-5)11-3-1-2-8-11/h1-4H,(H,7,9,10). The third kappa shape index (κ3) is 0.986. The first kappa shape index (κ1) is 6.71. The van der Waals surface area contributed by atoms with Crippen LogP contribution in [0.25, 0.3) is 0 Å². The number of carbonyl (C=O) groups is 1. The molecule has 0 saturated heterocycles. The molecule has 2 aromatic heterocycles. The Kier molecular flexibility index (Phi) is 1.44. The highest BCUT2D eigenvalue weighted by Gasteiger charge is 2.10. The monoisotopic (exact) mass is 163 g/mol. The summed E-state index contributed by atoms with van der Waals surface area (Å²) in [6, 6.07) is 1.66. The van der Waals surface area contributed by atoms with Gasteiger partial charge in [0.25, 0.3) is 5.91 Å². The molecule has 2 rings (SSSR count). The molecule has 6 heteroatoms. The van der Waals surface area contributed by atoms with E-state index in [0.717, 1.165) is 0 Å². The molecular formula is C6H5N5O. The Bertz CT molecular complexity index is 326. The summed E-state index contributed by atoms with van der Waals surface area (Å²) in [5.41, 5.74) is 0.249. The van der Waals surface area contributed by atoms with Crippen molar-refractivity contribution in [3.63, 3.8) is 0 Å². The summed E-state index contributed by atoms with van der Waals surface area (Å²) in [5, 5.41) is 13.2. The Morgan fingerprint density at radius 1 is 1.58 bits per heavy atom. The van der Waals surface area contributed by atoms with Crippen LogP contribution in [0.4, 0.5) is 0 Å². The van der Waals surface area contributed by atoms with Gasteiger partial charge in [-0.3, -0.25) is 4.79 Å². The largest absolute Gasteiger partial charge is 0.300 e. The molecule has 0 aromatic carbocycles. The molecular weight excluding hydrogens is 158 g/mol. The highest BCUT2D eigenvalue weighted by Crippen LogP contribution is 1.93. The molecule has 2 heterocycles. The Balaban J connectivity index is 2.34. The Labute approximate surface area is 67.2 Å².